The van der Waals surface area contributed by atoms with Crippen LogP contribution in [0, 0.1) is 0 Å². The van der Waals surface area contributed by atoms with Gasteiger partial charge in [-0.25, -0.2) is 0 Å². The standard InChI is InChI=1S/C15H32N2O3/c1-6-16-15(4,14(18)19)10-8-9-11-17(7-2)13(3)12-20-5/h13,16H,6-12H2,1-5H3,(H,18,19). The van der Waals surface area contributed by atoms with Gasteiger partial charge in [0.1, 0.15) is 5.54 Å². The van der Waals surface area contributed by atoms with Gasteiger partial charge in [-0.2, -0.15) is 0 Å². The summed E-state index contributed by atoms with van der Waals surface area (Å²) in [5.74, 6) is -0.764. The fourth-order valence-corrected chi connectivity index (χ4v) is 2.49. The summed E-state index contributed by atoms with van der Waals surface area (Å²) in [7, 11) is 1.72. The molecule has 0 aliphatic rings. The molecule has 0 aromatic heterocycles. The van der Waals surface area contributed by atoms with Crippen molar-refractivity contribution in [3.05, 3.63) is 0 Å². The summed E-state index contributed by atoms with van der Waals surface area (Å²) >= 11 is 0. The summed E-state index contributed by atoms with van der Waals surface area (Å²) in [6.45, 7) is 11.4. The molecule has 0 aromatic carbocycles. The molecule has 20 heavy (non-hydrogen) atoms. The number of aliphatic carboxylic acids is 1. The second-order valence-corrected chi connectivity index (χ2v) is 5.56. The molecular formula is C15H32N2O3. The van der Waals surface area contributed by atoms with Crippen molar-refractivity contribution in [1.29, 1.82) is 0 Å². The number of rotatable bonds is 12. The number of nitrogens with zero attached hydrogens (tertiary/aromatic N) is 1. The van der Waals surface area contributed by atoms with Crippen molar-refractivity contribution in [2.45, 2.75) is 58.5 Å². The Hall–Kier alpha value is -0.650. The number of carboxylic acid groups (broad SMARTS) is 1. The molecule has 5 nitrogen and oxygen atoms in total. The van der Waals surface area contributed by atoms with Gasteiger partial charge >= 0.3 is 5.97 Å². The Balaban J connectivity index is 4.12. The lowest BCUT2D eigenvalue weighted by molar-refractivity contribution is -0.144. The molecule has 2 N–H and O–H groups in total. The van der Waals surface area contributed by atoms with E-state index in [1.54, 1.807) is 14.0 Å². The molecule has 0 aromatic rings. The summed E-state index contributed by atoms with van der Waals surface area (Å²) in [4.78, 5) is 13.7. The molecule has 0 saturated carbocycles. The Labute approximate surface area is 123 Å². The van der Waals surface area contributed by atoms with Crippen LogP contribution in [0.3, 0.4) is 0 Å². The molecule has 0 amide bonds. The molecule has 2 unspecified atom stereocenters. The van der Waals surface area contributed by atoms with E-state index < -0.39 is 11.5 Å². The van der Waals surface area contributed by atoms with Crippen molar-refractivity contribution in [2.75, 3.05) is 33.4 Å². The van der Waals surface area contributed by atoms with Gasteiger partial charge in [-0.1, -0.05) is 13.8 Å². The summed E-state index contributed by atoms with van der Waals surface area (Å²) in [5, 5.41) is 12.4. The van der Waals surface area contributed by atoms with Crippen LogP contribution in [0.4, 0.5) is 0 Å². The SMILES string of the molecule is CCNC(C)(CCCCN(CC)C(C)COC)C(=O)O. The third-order valence-electron chi connectivity index (χ3n) is 3.85. The van der Waals surface area contributed by atoms with Gasteiger partial charge < -0.3 is 15.2 Å². The van der Waals surface area contributed by atoms with Crippen LogP contribution >= 0.6 is 0 Å². The zero-order valence-electron chi connectivity index (χ0n) is 13.7. The van der Waals surface area contributed by atoms with Crippen molar-refractivity contribution >= 4 is 5.97 Å². The lowest BCUT2D eigenvalue weighted by Gasteiger charge is -2.29. The number of carboxylic acids is 1. The quantitative estimate of drug-likeness (QED) is 0.538. The topological polar surface area (TPSA) is 61.8 Å². The first-order valence-corrected chi connectivity index (χ1v) is 7.62. The monoisotopic (exact) mass is 288 g/mol. The second kappa shape index (κ2) is 10.1. The highest BCUT2D eigenvalue weighted by atomic mass is 16.5. The molecule has 0 heterocycles. The van der Waals surface area contributed by atoms with Crippen LogP contribution in [0.25, 0.3) is 0 Å². The molecule has 0 bridgehead atoms. The van der Waals surface area contributed by atoms with Gasteiger partial charge in [0.15, 0.2) is 0 Å². The minimum Gasteiger partial charge on any atom is -0.480 e. The lowest BCUT2D eigenvalue weighted by Crippen LogP contribution is -2.49. The Morgan fingerprint density at radius 2 is 2.05 bits per heavy atom. The number of hydrogen-bond acceptors (Lipinski definition) is 4. The maximum absolute atomic E-state index is 11.3. The van der Waals surface area contributed by atoms with E-state index >= 15 is 0 Å². The van der Waals surface area contributed by atoms with Gasteiger partial charge in [0.05, 0.1) is 6.61 Å². The molecule has 0 spiro atoms. The fraction of sp³-hybridized carbons (Fsp3) is 0.933. The number of nitrogens with one attached hydrogen (secondary N) is 1. The molecule has 0 rings (SSSR count). The predicted octanol–water partition coefficient (Wildman–Crippen LogP) is 1.97. The Kier molecular flexibility index (Phi) is 9.80. The maximum atomic E-state index is 11.3. The first kappa shape index (κ1) is 19.4. The van der Waals surface area contributed by atoms with Gasteiger partial charge in [0, 0.05) is 13.2 Å². The second-order valence-electron chi connectivity index (χ2n) is 5.56. The first-order valence-electron chi connectivity index (χ1n) is 7.62. The van der Waals surface area contributed by atoms with Crippen LogP contribution < -0.4 is 5.32 Å². The van der Waals surface area contributed by atoms with E-state index in [0.717, 1.165) is 32.5 Å². The molecular weight excluding hydrogens is 256 g/mol. The van der Waals surface area contributed by atoms with Gasteiger partial charge in [-0.15, -0.1) is 0 Å². The van der Waals surface area contributed by atoms with E-state index in [0.29, 0.717) is 19.0 Å². The fourth-order valence-electron chi connectivity index (χ4n) is 2.49. The van der Waals surface area contributed by atoms with Crippen molar-refractivity contribution in [1.82, 2.24) is 10.2 Å². The summed E-state index contributed by atoms with van der Waals surface area (Å²) < 4.78 is 5.18. The highest BCUT2D eigenvalue weighted by Crippen LogP contribution is 2.15. The highest BCUT2D eigenvalue weighted by molar-refractivity contribution is 5.78. The van der Waals surface area contributed by atoms with Crippen molar-refractivity contribution in [2.24, 2.45) is 0 Å². The first-order chi connectivity index (χ1) is 9.41. The van der Waals surface area contributed by atoms with Gasteiger partial charge in [0.2, 0.25) is 0 Å². The van der Waals surface area contributed by atoms with E-state index in [9.17, 15) is 9.90 Å². The van der Waals surface area contributed by atoms with Crippen LogP contribution in [0.1, 0.15) is 47.0 Å². The molecule has 120 valence electrons. The van der Waals surface area contributed by atoms with Crippen LogP contribution in [0.2, 0.25) is 0 Å². The van der Waals surface area contributed by atoms with Crippen LogP contribution in [0.15, 0.2) is 0 Å². The van der Waals surface area contributed by atoms with Crippen molar-refractivity contribution < 1.29 is 14.6 Å². The number of likely N-dealkylation sites (N-methyl/N-ethyl adjacent to an activating group) is 2. The van der Waals surface area contributed by atoms with Crippen LogP contribution in [-0.2, 0) is 9.53 Å². The zero-order valence-corrected chi connectivity index (χ0v) is 13.7. The third-order valence-corrected chi connectivity index (χ3v) is 3.85. The average Bonchev–Trinajstić information content (AvgIpc) is 2.39. The van der Waals surface area contributed by atoms with E-state index in [2.05, 4.69) is 24.1 Å². The van der Waals surface area contributed by atoms with E-state index in [1.807, 2.05) is 6.92 Å². The summed E-state index contributed by atoms with van der Waals surface area (Å²) in [6.07, 6.45) is 2.58. The summed E-state index contributed by atoms with van der Waals surface area (Å²) in [5.41, 5.74) is -0.802. The number of hydrogen-bond donors (Lipinski definition) is 2. The van der Waals surface area contributed by atoms with E-state index in [4.69, 9.17) is 4.74 Å². The maximum Gasteiger partial charge on any atom is 0.323 e. The Morgan fingerprint density at radius 3 is 2.50 bits per heavy atom. The largest absolute Gasteiger partial charge is 0.480 e. The van der Waals surface area contributed by atoms with Crippen LogP contribution in [0.5, 0.6) is 0 Å². The molecule has 0 aliphatic heterocycles. The molecule has 0 fully saturated rings. The average molecular weight is 288 g/mol. The van der Waals surface area contributed by atoms with Gasteiger partial charge in [-0.05, 0) is 52.7 Å². The van der Waals surface area contributed by atoms with Crippen molar-refractivity contribution in [3.63, 3.8) is 0 Å². The van der Waals surface area contributed by atoms with Gasteiger partial charge in [-0.3, -0.25) is 9.69 Å². The highest BCUT2D eigenvalue weighted by Gasteiger charge is 2.31. The van der Waals surface area contributed by atoms with Crippen LogP contribution in [-0.4, -0.2) is 60.9 Å². The minimum atomic E-state index is -0.802. The number of carbonyl (C=O) groups is 1. The molecule has 0 saturated heterocycles. The van der Waals surface area contributed by atoms with Gasteiger partial charge in [0.25, 0.3) is 0 Å². The molecule has 0 radical (unpaired) electrons. The predicted molar refractivity (Wildman–Crippen MR) is 82.2 cm³/mol. The van der Waals surface area contributed by atoms with E-state index in [1.165, 1.54) is 0 Å². The Morgan fingerprint density at radius 1 is 1.40 bits per heavy atom. The molecule has 2 atom stereocenters. The zero-order chi connectivity index (χ0) is 15.6. The Bertz CT molecular complexity index is 274. The smallest absolute Gasteiger partial charge is 0.323 e. The van der Waals surface area contributed by atoms with E-state index in [-0.39, 0.29) is 0 Å². The molecule has 0 aliphatic carbocycles. The number of methoxy groups -OCH3 is 1. The van der Waals surface area contributed by atoms with Crippen molar-refractivity contribution in [3.8, 4) is 0 Å². The molecule has 5 heteroatoms. The normalized spacial score (nSPS) is 16.1. The third kappa shape index (κ3) is 6.68. The lowest BCUT2D eigenvalue weighted by atomic mass is 9.94. The number of ether oxygens (including phenoxy) is 1. The number of unbranched alkanes of at least 4 members (excludes halogenated alkanes) is 1. The summed E-state index contributed by atoms with van der Waals surface area (Å²) in [6, 6.07) is 0.407. The minimum absolute atomic E-state index is 0.407.